The van der Waals surface area contributed by atoms with Gasteiger partial charge in [-0.05, 0) is 12.5 Å². The number of fused-ring (bicyclic) bond motifs is 1. The van der Waals surface area contributed by atoms with Crippen LogP contribution in [0.4, 0.5) is 0 Å². The molecule has 0 bridgehead atoms. The molecule has 112 valence electrons. The molecule has 1 aromatic carbocycles. The van der Waals surface area contributed by atoms with Gasteiger partial charge in [0.15, 0.2) is 0 Å². The predicted molar refractivity (Wildman–Crippen MR) is 83.4 cm³/mol. The molecule has 3 heterocycles. The van der Waals surface area contributed by atoms with Crippen molar-refractivity contribution in [2.24, 2.45) is 11.1 Å². The summed E-state index contributed by atoms with van der Waals surface area (Å²) in [5, 5.41) is 4.31. The second-order valence-corrected chi connectivity index (χ2v) is 5.93. The summed E-state index contributed by atoms with van der Waals surface area (Å²) in [5.41, 5.74) is 3.38. The Labute approximate surface area is 129 Å². The minimum absolute atomic E-state index is 0.168. The Morgan fingerprint density at radius 2 is 1.91 bits per heavy atom. The van der Waals surface area contributed by atoms with E-state index in [-0.39, 0.29) is 6.10 Å². The van der Waals surface area contributed by atoms with Gasteiger partial charge in [-0.25, -0.2) is 9.97 Å². The van der Waals surface area contributed by atoms with Gasteiger partial charge in [0, 0.05) is 37.6 Å². The van der Waals surface area contributed by atoms with Crippen molar-refractivity contribution in [3.63, 3.8) is 0 Å². The highest BCUT2D eigenvalue weighted by Crippen LogP contribution is 2.30. The zero-order valence-corrected chi connectivity index (χ0v) is 12.5. The van der Waals surface area contributed by atoms with E-state index in [1.165, 1.54) is 0 Å². The summed E-state index contributed by atoms with van der Waals surface area (Å²) in [6, 6.07) is 10.3. The first kappa shape index (κ1) is 13.4. The van der Waals surface area contributed by atoms with E-state index in [1.807, 2.05) is 37.5 Å². The van der Waals surface area contributed by atoms with Crippen LogP contribution in [0.1, 0.15) is 17.0 Å². The number of oxime groups is 1. The molecular formula is C17H18N4O. The smallest absolute Gasteiger partial charge is 0.149 e. The van der Waals surface area contributed by atoms with Gasteiger partial charge in [-0.15, -0.1) is 0 Å². The van der Waals surface area contributed by atoms with Gasteiger partial charge in [-0.3, -0.25) is 4.90 Å². The summed E-state index contributed by atoms with van der Waals surface area (Å²) in [5.74, 6) is 1.16. The van der Waals surface area contributed by atoms with Crippen molar-refractivity contribution in [2.75, 3.05) is 13.1 Å². The van der Waals surface area contributed by atoms with Gasteiger partial charge in [0.2, 0.25) is 0 Å². The number of nitrogens with zero attached hydrogens (tertiary/aromatic N) is 4. The minimum atomic E-state index is 0.168. The van der Waals surface area contributed by atoms with E-state index in [2.05, 4.69) is 32.2 Å². The molecule has 1 fully saturated rings. The van der Waals surface area contributed by atoms with Crippen LogP contribution in [-0.4, -0.2) is 39.8 Å². The fourth-order valence-corrected chi connectivity index (χ4v) is 3.18. The van der Waals surface area contributed by atoms with E-state index in [9.17, 15) is 0 Å². The monoisotopic (exact) mass is 294 g/mol. The van der Waals surface area contributed by atoms with Gasteiger partial charge < -0.3 is 4.84 Å². The summed E-state index contributed by atoms with van der Waals surface area (Å²) in [6.45, 7) is 4.63. The third-order valence-electron chi connectivity index (χ3n) is 4.29. The standard InChI is InChI=1S/C17H18N4O/c1-12-18-7-13(8-19-12)9-21-10-15-16(11-21)22-20-17(15)14-5-3-2-4-6-14/h2-8,15-16H,9-11H2,1H3/t15-,16+/m0/s1. The maximum atomic E-state index is 5.65. The van der Waals surface area contributed by atoms with Crippen molar-refractivity contribution in [3.8, 4) is 0 Å². The molecule has 2 aliphatic heterocycles. The molecule has 0 saturated carbocycles. The second-order valence-electron chi connectivity index (χ2n) is 5.93. The van der Waals surface area contributed by atoms with Crippen LogP contribution in [0.25, 0.3) is 0 Å². The lowest BCUT2D eigenvalue weighted by Gasteiger charge is -2.15. The van der Waals surface area contributed by atoms with Crippen molar-refractivity contribution in [1.29, 1.82) is 0 Å². The maximum absolute atomic E-state index is 5.65. The molecule has 1 saturated heterocycles. The fraction of sp³-hybridized carbons (Fsp3) is 0.353. The van der Waals surface area contributed by atoms with Gasteiger partial charge >= 0.3 is 0 Å². The molecule has 0 amide bonds. The Morgan fingerprint density at radius 3 is 2.68 bits per heavy atom. The topological polar surface area (TPSA) is 50.6 Å². The van der Waals surface area contributed by atoms with Crippen molar-refractivity contribution >= 4 is 5.71 Å². The second kappa shape index (κ2) is 5.50. The molecule has 22 heavy (non-hydrogen) atoms. The highest BCUT2D eigenvalue weighted by atomic mass is 16.6. The summed E-state index contributed by atoms with van der Waals surface area (Å²) < 4.78 is 0. The van der Waals surface area contributed by atoms with E-state index >= 15 is 0 Å². The lowest BCUT2D eigenvalue weighted by molar-refractivity contribution is 0.0745. The molecule has 0 spiro atoms. The molecule has 4 rings (SSSR count). The average Bonchev–Trinajstić information content (AvgIpc) is 3.10. The van der Waals surface area contributed by atoms with E-state index in [0.29, 0.717) is 5.92 Å². The molecule has 1 aromatic heterocycles. The van der Waals surface area contributed by atoms with Gasteiger partial charge in [-0.2, -0.15) is 0 Å². The Kier molecular flexibility index (Phi) is 3.35. The number of likely N-dealkylation sites (tertiary alicyclic amines) is 1. The number of aryl methyl sites for hydroxylation is 1. The van der Waals surface area contributed by atoms with Crippen LogP contribution >= 0.6 is 0 Å². The van der Waals surface area contributed by atoms with Crippen LogP contribution in [0.5, 0.6) is 0 Å². The van der Waals surface area contributed by atoms with Crippen molar-refractivity contribution in [2.45, 2.75) is 19.6 Å². The molecule has 0 unspecified atom stereocenters. The van der Waals surface area contributed by atoms with Crippen molar-refractivity contribution in [3.05, 3.63) is 59.7 Å². The van der Waals surface area contributed by atoms with Crippen molar-refractivity contribution in [1.82, 2.24) is 14.9 Å². The first-order chi connectivity index (χ1) is 10.8. The van der Waals surface area contributed by atoms with Gasteiger partial charge in [0.05, 0.1) is 11.6 Å². The van der Waals surface area contributed by atoms with E-state index in [0.717, 1.165) is 42.3 Å². The number of benzene rings is 1. The molecule has 0 N–H and O–H groups in total. The first-order valence-corrected chi connectivity index (χ1v) is 7.58. The highest BCUT2D eigenvalue weighted by molar-refractivity contribution is 6.03. The summed E-state index contributed by atoms with van der Waals surface area (Å²) in [4.78, 5) is 16.6. The average molecular weight is 294 g/mol. The van der Waals surface area contributed by atoms with Crippen LogP contribution in [-0.2, 0) is 11.4 Å². The Bertz CT molecular complexity index is 684. The SMILES string of the molecule is Cc1ncc(CN2C[C@@H]3C(c4ccccc4)=NO[C@@H]3C2)cn1. The van der Waals surface area contributed by atoms with E-state index < -0.39 is 0 Å². The van der Waals surface area contributed by atoms with E-state index in [1.54, 1.807) is 0 Å². The molecule has 5 nitrogen and oxygen atoms in total. The maximum Gasteiger partial charge on any atom is 0.149 e. The number of rotatable bonds is 3. The summed E-state index contributed by atoms with van der Waals surface area (Å²) >= 11 is 0. The number of hydrogen-bond donors (Lipinski definition) is 0. The number of hydrogen-bond acceptors (Lipinski definition) is 5. The highest BCUT2D eigenvalue weighted by Gasteiger charge is 2.42. The largest absolute Gasteiger partial charge is 0.390 e. The Morgan fingerprint density at radius 1 is 1.14 bits per heavy atom. The van der Waals surface area contributed by atoms with Gasteiger partial charge in [-0.1, -0.05) is 35.5 Å². The van der Waals surface area contributed by atoms with Gasteiger partial charge in [0.25, 0.3) is 0 Å². The molecule has 2 atom stereocenters. The molecule has 2 aliphatic rings. The third-order valence-corrected chi connectivity index (χ3v) is 4.29. The molecular weight excluding hydrogens is 276 g/mol. The molecule has 2 aromatic rings. The zero-order chi connectivity index (χ0) is 14.9. The van der Waals surface area contributed by atoms with Crippen LogP contribution in [0.15, 0.2) is 47.9 Å². The molecule has 0 aliphatic carbocycles. The predicted octanol–water partition coefficient (Wildman–Crippen LogP) is 2.02. The fourth-order valence-electron chi connectivity index (χ4n) is 3.18. The van der Waals surface area contributed by atoms with Crippen LogP contribution in [0, 0.1) is 12.8 Å². The van der Waals surface area contributed by atoms with E-state index in [4.69, 9.17) is 4.84 Å². The molecule has 5 heteroatoms. The summed E-state index contributed by atoms with van der Waals surface area (Å²) in [6.07, 6.45) is 3.98. The lowest BCUT2D eigenvalue weighted by atomic mass is 9.95. The minimum Gasteiger partial charge on any atom is -0.390 e. The first-order valence-electron chi connectivity index (χ1n) is 7.58. The Balaban J connectivity index is 1.46. The third kappa shape index (κ3) is 2.48. The quantitative estimate of drug-likeness (QED) is 0.869. The van der Waals surface area contributed by atoms with Crippen molar-refractivity contribution < 1.29 is 4.84 Å². The molecule has 0 radical (unpaired) electrons. The zero-order valence-electron chi connectivity index (χ0n) is 12.5. The van der Waals surface area contributed by atoms with Crippen LogP contribution in [0.3, 0.4) is 0 Å². The summed E-state index contributed by atoms with van der Waals surface area (Å²) in [7, 11) is 0. The number of aromatic nitrogens is 2. The lowest BCUT2D eigenvalue weighted by Crippen LogP contribution is -2.23. The van der Waals surface area contributed by atoms with Gasteiger partial charge in [0.1, 0.15) is 11.9 Å². The van der Waals surface area contributed by atoms with Crippen LogP contribution < -0.4 is 0 Å². The Hall–Kier alpha value is -2.27. The van der Waals surface area contributed by atoms with Crippen LogP contribution in [0.2, 0.25) is 0 Å². The normalized spacial score (nSPS) is 24.0.